The number of hydrogen-bond donors (Lipinski definition) is 0. The van der Waals surface area contributed by atoms with Gasteiger partial charge in [0.2, 0.25) is 0 Å². The van der Waals surface area contributed by atoms with E-state index in [0.29, 0.717) is 24.2 Å². The molecule has 0 spiro atoms. The predicted octanol–water partition coefficient (Wildman–Crippen LogP) is 0.361. The van der Waals surface area contributed by atoms with Crippen molar-refractivity contribution < 1.29 is 19.1 Å². The van der Waals surface area contributed by atoms with Crippen LogP contribution in [-0.2, 0) is 9.53 Å². The third kappa shape index (κ3) is 2.21. The maximum atomic E-state index is 12.2. The molecule has 0 atom stereocenters. The lowest BCUT2D eigenvalue weighted by Crippen LogP contribution is -2.62. The second-order valence-electron chi connectivity index (χ2n) is 4.87. The van der Waals surface area contributed by atoms with Crippen LogP contribution in [0.3, 0.4) is 0 Å². The summed E-state index contributed by atoms with van der Waals surface area (Å²) in [6, 6.07) is 8.00. The molecular weight excluding hydrogens is 274 g/mol. The molecule has 1 aromatic rings. The number of nitriles is 1. The van der Waals surface area contributed by atoms with Gasteiger partial charge < -0.3 is 9.64 Å². The van der Waals surface area contributed by atoms with E-state index in [0.717, 1.165) is 4.90 Å². The molecule has 0 aromatic heterocycles. The number of cyclic esters (lactones) is 1. The molecule has 7 heteroatoms. The van der Waals surface area contributed by atoms with Crippen LogP contribution in [0.2, 0.25) is 0 Å². The molecule has 7 nitrogen and oxygen atoms in total. The van der Waals surface area contributed by atoms with Crippen molar-refractivity contribution in [1.82, 2.24) is 9.80 Å². The van der Waals surface area contributed by atoms with Crippen molar-refractivity contribution in [2.45, 2.75) is 6.04 Å². The van der Waals surface area contributed by atoms with E-state index in [1.807, 2.05) is 6.07 Å². The van der Waals surface area contributed by atoms with Crippen molar-refractivity contribution in [1.29, 1.82) is 5.26 Å². The van der Waals surface area contributed by atoms with Crippen LogP contribution in [0.1, 0.15) is 15.9 Å². The van der Waals surface area contributed by atoms with Gasteiger partial charge in [-0.2, -0.15) is 5.26 Å². The lowest BCUT2D eigenvalue weighted by Gasteiger charge is -2.41. The molecule has 2 aliphatic rings. The highest BCUT2D eigenvalue weighted by molar-refractivity contribution is 5.99. The standard InChI is InChI=1S/C14H11N3O4/c15-5-9-1-3-10(4-2-9)13(19)16-6-11(7-16)17-12(18)8-21-14(17)20/h1-4,11H,6-8H2. The fourth-order valence-electron chi connectivity index (χ4n) is 2.37. The van der Waals surface area contributed by atoms with Gasteiger partial charge in [-0.3, -0.25) is 9.59 Å². The Morgan fingerprint density at radius 3 is 2.43 bits per heavy atom. The number of imide groups is 1. The summed E-state index contributed by atoms with van der Waals surface area (Å²) in [6.45, 7) is 0.387. The van der Waals surface area contributed by atoms with Crippen molar-refractivity contribution in [3.05, 3.63) is 35.4 Å². The summed E-state index contributed by atoms with van der Waals surface area (Å²) in [5, 5.41) is 8.71. The van der Waals surface area contributed by atoms with E-state index in [1.54, 1.807) is 29.2 Å². The van der Waals surface area contributed by atoms with E-state index in [2.05, 4.69) is 4.74 Å². The number of hydrogen-bond acceptors (Lipinski definition) is 5. The number of carbonyl (C=O) groups is 3. The van der Waals surface area contributed by atoms with Gasteiger partial charge in [0.05, 0.1) is 17.7 Å². The first kappa shape index (κ1) is 13.1. The third-order valence-corrected chi connectivity index (χ3v) is 3.56. The normalized spacial score (nSPS) is 18.2. The Kier molecular flexibility index (Phi) is 3.06. The molecule has 0 radical (unpaired) electrons. The SMILES string of the molecule is N#Cc1ccc(C(=O)N2CC(N3C(=O)COC3=O)C2)cc1. The van der Waals surface area contributed by atoms with Crippen LogP contribution in [-0.4, -0.2) is 53.4 Å². The zero-order chi connectivity index (χ0) is 15.0. The van der Waals surface area contributed by atoms with Gasteiger partial charge in [-0.1, -0.05) is 0 Å². The molecule has 3 amide bonds. The van der Waals surface area contributed by atoms with Gasteiger partial charge in [-0.05, 0) is 24.3 Å². The highest BCUT2D eigenvalue weighted by Gasteiger charge is 2.44. The molecule has 1 aromatic carbocycles. The minimum absolute atomic E-state index is 0.184. The van der Waals surface area contributed by atoms with Gasteiger partial charge in [0.1, 0.15) is 0 Å². The van der Waals surface area contributed by atoms with Gasteiger partial charge in [0, 0.05) is 18.7 Å². The predicted molar refractivity (Wildman–Crippen MR) is 69.0 cm³/mol. The average Bonchev–Trinajstić information content (AvgIpc) is 2.78. The number of ether oxygens (including phenoxy) is 1. The molecule has 2 heterocycles. The number of benzene rings is 1. The highest BCUT2D eigenvalue weighted by Crippen LogP contribution is 2.21. The first-order valence-corrected chi connectivity index (χ1v) is 6.38. The minimum Gasteiger partial charge on any atom is -0.439 e. The minimum atomic E-state index is -0.643. The molecule has 0 unspecified atom stereocenters. The Bertz CT molecular complexity index is 640. The summed E-state index contributed by atoms with van der Waals surface area (Å²) < 4.78 is 4.64. The average molecular weight is 285 g/mol. The van der Waals surface area contributed by atoms with Crippen molar-refractivity contribution in [2.24, 2.45) is 0 Å². The zero-order valence-electron chi connectivity index (χ0n) is 11.0. The van der Waals surface area contributed by atoms with Crippen molar-refractivity contribution in [2.75, 3.05) is 19.7 Å². The van der Waals surface area contributed by atoms with Gasteiger partial charge in [0.15, 0.2) is 6.61 Å². The van der Waals surface area contributed by atoms with Crippen LogP contribution in [0.5, 0.6) is 0 Å². The maximum Gasteiger partial charge on any atom is 0.417 e. The summed E-state index contributed by atoms with van der Waals surface area (Å²) in [7, 11) is 0. The Hall–Kier alpha value is -2.88. The smallest absolute Gasteiger partial charge is 0.417 e. The maximum absolute atomic E-state index is 12.2. The van der Waals surface area contributed by atoms with Crippen LogP contribution in [0.15, 0.2) is 24.3 Å². The fraction of sp³-hybridized carbons (Fsp3) is 0.286. The fourth-order valence-corrected chi connectivity index (χ4v) is 2.37. The molecule has 3 rings (SSSR count). The van der Waals surface area contributed by atoms with E-state index >= 15 is 0 Å². The molecule has 0 bridgehead atoms. The van der Waals surface area contributed by atoms with Crippen LogP contribution in [0, 0.1) is 11.3 Å². The quantitative estimate of drug-likeness (QED) is 0.782. The molecule has 2 saturated heterocycles. The number of rotatable bonds is 2. The summed E-state index contributed by atoms with van der Waals surface area (Å²) >= 11 is 0. The monoisotopic (exact) mass is 285 g/mol. The Balaban J connectivity index is 1.63. The van der Waals surface area contributed by atoms with Gasteiger partial charge in [-0.15, -0.1) is 0 Å². The van der Waals surface area contributed by atoms with Gasteiger partial charge in [0.25, 0.3) is 11.8 Å². The summed E-state index contributed by atoms with van der Waals surface area (Å²) in [5.74, 6) is -0.550. The first-order valence-electron chi connectivity index (χ1n) is 6.38. The van der Waals surface area contributed by atoms with Crippen LogP contribution in [0.4, 0.5) is 4.79 Å². The molecule has 2 aliphatic heterocycles. The summed E-state index contributed by atoms with van der Waals surface area (Å²) in [4.78, 5) is 37.7. The molecule has 21 heavy (non-hydrogen) atoms. The number of carbonyl (C=O) groups excluding carboxylic acids is 3. The van der Waals surface area contributed by atoms with E-state index in [4.69, 9.17) is 5.26 Å². The Morgan fingerprint density at radius 2 is 1.90 bits per heavy atom. The molecule has 106 valence electrons. The molecule has 0 N–H and O–H groups in total. The molecular formula is C14H11N3O4. The third-order valence-electron chi connectivity index (χ3n) is 3.56. The molecule has 0 saturated carbocycles. The van der Waals surface area contributed by atoms with E-state index < -0.39 is 6.09 Å². The summed E-state index contributed by atoms with van der Waals surface area (Å²) in [6.07, 6.45) is -0.643. The second-order valence-corrected chi connectivity index (χ2v) is 4.87. The van der Waals surface area contributed by atoms with Crippen LogP contribution >= 0.6 is 0 Å². The second kappa shape index (κ2) is 4.90. The number of likely N-dealkylation sites (tertiary alicyclic amines) is 1. The Morgan fingerprint density at radius 1 is 1.24 bits per heavy atom. The molecule has 2 fully saturated rings. The lowest BCUT2D eigenvalue weighted by molar-refractivity contribution is -0.129. The van der Waals surface area contributed by atoms with Crippen molar-refractivity contribution in [3.63, 3.8) is 0 Å². The van der Waals surface area contributed by atoms with Gasteiger partial charge in [-0.25, -0.2) is 9.69 Å². The highest BCUT2D eigenvalue weighted by atomic mass is 16.6. The number of nitrogens with zero attached hydrogens (tertiary/aromatic N) is 3. The lowest BCUT2D eigenvalue weighted by atomic mass is 10.0. The van der Waals surface area contributed by atoms with E-state index in [1.165, 1.54) is 0 Å². The Labute approximate surface area is 120 Å². The zero-order valence-corrected chi connectivity index (χ0v) is 11.0. The molecule has 0 aliphatic carbocycles. The van der Waals surface area contributed by atoms with Crippen molar-refractivity contribution >= 4 is 17.9 Å². The van der Waals surface area contributed by atoms with E-state index in [-0.39, 0.29) is 24.5 Å². The van der Waals surface area contributed by atoms with Crippen LogP contribution in [0.25, 0.3) is 0 Å². The topological polar surface area (TPSA) is 90.7 Å². The summed E-state index contributed by atoms with van der Waals surface area (Å²) in [5.41, 5.74) is 0.959. The van der Waals surface area contributed by atoms with Crippen LogP contribution < -0.4 is 0 Å². The van der Waals surface area contributed by atoms with Gasteiger partial charge >= 0.3 is 6.09 Å². The largest absolute Gasteiger partial charge is 0.439 e. The van der Waals surface area contributed by atoms with E-state index in [9.17, 15) is 14.4 Å². The number of amides is 3. The first-order chi connectivity index (χ1) is 10.1. The van der Waals surface area contributed by atoms with Crippen molar-refractivity contribution in [3.8, 4) is 6.07 Å².